The van der Waals surface area contributed by atoms with Crippen LogP contribution < -0.4 is 33.2 Å². The highest BCUT2D eigenvalue weighted by molar-refractivity contribution is 4.32. The van der Waals surface area contributed by atoms with Crippen molar-refractivity contribution in [2.24, 2.45) is 5.84 Å². The van der Waals surface area contributed by atoms with E-state index in [2.05, 4.69) is 34.3 Å². The molecule has 0 rings (SSSR count). The van der Waals surface area contributed by atoms with Crippen molar-refractivity contribution in [3.63, 3.8) is 0 Å². The Labute approximate surface area is 60.8 Å². The summed E-state index contributed by atoms with van der Waals surface area (Å²) >= 11 is 0. The standard InChI is InChI=1S/C4H16N6/c1-2-3-6-10-8-4-7-9-5/h6-10H,2-5H2,1H3. The SMILES string of the molecule is CCCNNNCNNN. The number of nitrogens with two attached hydrogens (primary N) is 1. The van der Waals surface area contributed by atoms with Crippen molar-refractivity contribution in [3.8, 4) is 0 Å². The van der Waals surface area contributed by atoms with Crippen LogP contribution in [0, 0.1) is 0 Å². The molecule has 0 aliphatic rings. The first kappa shape index (κ1) is 9.76. The van der Waals surface area contributed by atoms with Crippen LogP contribution in [-0.2, 0) is 0 Å². The van der Waals surface area contributed by atoms with Crippen LogP contribution in [0.1, 0.15) is 13.3 Å². The van der Waals surface area contributed by atoms with Gasteiger partial charge < -0.3 is 0 Å². The van der Waals surface area contributed by atoms with Crippen molar-refractivity contribution in [1.82, 2.24) is 27.3 Å². The molecule has 0 fully saturated rings. The third kappa shape index (κ3) is 7.76. The molecule has 6 nitrogen and oxygen atoms in total. The monoisotopic (exact) mass is 148 g/mol. The Morgan fingerprint density at radius 3 is 2.60 bits per heavy atom. The van der Waals surface area contributed by atoms with Gasteiger partial charge in [0, 0.05) is 6.54 Å². The molecule has 0 bridgehead atoms. The quantitative estimate of drug-likeness (QED) is 0.108. The topological polar surface area (TPSA) is 86.2 Å². The Kier molecular flexibility index (Phi) is 8.55. The van der Waals surface area contributed by atoms with Crippen LogP contribution in [0.15, 0.2) is 0 Å². The molecule has 0 aromatic carbocycles. The largest absolute Gasteiger partial charge is 0.258 e. The van der Waals surface area contributed by atoms with Crippen LogP contribution >= 0.6 is 0 Å². The molecule has 7 N–H and O–H groups in total. The Morgan fingerprint density at radius 1 is 1.20 bits per heavy atom. The van der Waals surface area contributed by atoms with Gasteiger partial charge in [-0.1, -0.05) is 6.92 Å². The lowest BCUT2D eigenvalue weighted by atomic mass is 10.5. The van der Waals surface area contributed by atoms with Gasteiger partial charge in [-0.2, -0.15) is 11.1 Å². The summed E-state index contributed by atoms with van der Waals surface area (Å²) in [5.74, 6) is 4.92. The molecular weight excluding hydrogens is 132 g/mol. The van der Waals surface area contributed by atoms with E-state index in [9.17, 15) is 0 Å². The van der Waals surface area contributed by atoms with E-state index in [-0.39, 0.29) is 0 Å². The molecule has 0 spiro atoms. The minimum atomic E-state index is 0.549. The van der Waals surface area contributed by atoms with E-state index in [0.717, 1.165) is 13.0 Å². The van der Waals surface area contributed by atoms with E-state index >= 15 is 0 Å². The summed E-state index contributed by atoms with van der Waals surface area (Å²) in [5.41, 5.74) is 13.4. The smallest absolute Gasteiger partial charge is 0.0747 e. The molecule has 0 radical (unpaired) electrons. The van der Waals surface area contributed by atoms with Crippen molar-refractivity contribution >= 4 is 0 Å². The van der Waals surface area contributed by atoms with Crippen LogP contribution in [-0.4, -0.2) is 13.2 Å². The fourth-order valence-corrected chi connectivity index (χ4v) is 0.389. The van der Waals surface area contributed by atoms with Crippen LogP contribution in [0.25, 0.3) is 0 Å². The molecule has 10 heavy (non-hydrogen) atoms. The molecule has 0 heterocycles. The Hall–Kier alpha value is -0.240. The Balaban J connectivity index is 2.65. The van der Waals surface area contributed by atoms with Crippen molar-refractivity contribution in [2.45, 2.75) is 13.3 Å². The van der Waals surface area contributed by atoms with Gasteiger partial charge in [-0.15, -0.1) is 0 Å². The van der Waals surface area contributed by atoms with Crippen LogP contribution in [0.2, 0.25) is 0 Å². The summed E-state index contributed by atoms with van der Waals surface area (Å²) in [6.45, 7) is 3.57. The second-order valence-corrected chi connectivity index (χ2v) is 1.73. The van der Waals surface area contributed by atoms with Crippen LogP contribution in [0.3, 0.4) is 0 Å². The predicted octanol–water partition coefficient (Wildman–Crippen LogP) is -2.08. The number of hydrazine groups is 4. The minimum absolute atomic E-state index is 0.549. The van der Waals surface area contributed by atoms with Gasteiger partial charge in [-0.25, -0.2) is 16.3 Å². The maximum atomic E-state index is 4.92. The maximum absolute atomic E-state index is 4.92. The molecule has 0 aliphatic carbocycles. The van der Waals surface area contributed by atoms with E-state index in [1.165, 1.54) is 0 Å². The Bertz CT molecular complexity index is 49.7. The minimum Gasteiger partial charge on any atom is -0.258 e. The summed E-state index contributed by atoms with van der Waals surface area (Å²) in [4.78, 5) is 0. The molecule has 0 aliphatic heterocycles. The summed E-state index contributed by atoms with van der Waals surface area (Å²) in [7, 11) is 0. The molecule has 0 aromatic rings. The highest BCUT2D eigenvalue weighted by Gasteiger charge is 1.79. The van der Waals surface area contributed by atoms with E-state index in [0.29, 0.717) is 6.67 Å². The van der Waals surface area contributed by atoms with E-state index in [1.807, 2.05) is 0 Å². The fraction of sp³-hybridized carbons (Fsp3) is 1.00. The number of rotatable bonds is 7. The summed E-state index contributed by atoms with van der Waals surface area (Å²) < 4.78 is 0. The van der Waals surface area contributed by atoms with Crippen LogP contribution in [0.4, 0.5) is 0 Å². The van der Waals surface area contributed by atoms with Gasteiger partial charge in [0.1, 0.15) is 0 Å². The van der Waals surface area contributed by atoms with Gasteiger partial charge in [0.05, 0.1) is 6.67 Å². The second-order valence-electron chi connectivity index (χ2n) is 1.73. The summed E-state index contributed by atoms with van der Waals surface area (Å²) in [5, 5.41) is 0. The molecule has 0 aromatic heterocycles. The first-order chi connectivity index (χ1) is 4.91. The molecular formula is C4H16N6. The van der Waals surface area contributed by atoms with Gasteiger partial charge in [0.15, 0.2) is 0 Å². The average Bonchev–Trinajstić information content (AvgIpc) is 1.97. The average molecular weight is 148 g/mol. The van der Waals surface area contributed by atoms with Crippen LogP contribution in [0.5, 0.6) is 0 Å². The number of nitrogens with one attached hydrogen (secondary N) is 5. The van der Waals surface area contributed by atoms with Gasteiger partial charge in [0.25, 0.3) is 0 Å². The number of hydrogen-bond donors (Lipinski definition) is 6. The first-order valence-electron chi connectivity index (χ1n) is 3.31. The highest BCUT2D eigenvalue weighted by Crippen LogP contribution is 1.62. The van der Waals surface area contributed by atoms with Crippen molar-refractivity contribution < 1.29 is 0 Å². The molecule has 0 saturated carbocycles. The second kappa shape index (κ2) is 8.76. The normalized spacial score (nSPS) is 10.2. The third-order valence-electron chi connectivity index (χ3n) is 0.831. The molecule has 62 valence electrons. The fourth-order valence-electron chi connectivity index (χ4n) is 0.389. The molecule has 0 atom stereocenters. The zero-order valence-electron chi connectivity index (χ0n) is 6.20. The highest BCUT2D eigenvalue weighted by atomic mass is 15.6. The van der Waals surface area contributed by atoms with Gasteiger partial charge in [-0.3, -0.25) is 5.84 Å². The Morgan fingerprint density at radius 2 is 2.00 bits per heavy atom. The molecule has 0 saturated heterocycles. The summed E-state index contributed by atoms with van der Waals surface area (Å²) in [6.07, 6.45) is 1.09. The maximum Gasteiger partial charge on any atom is 0.0747 e. The third-order valence-corrected chi connectivity index (χ3v) is 0.831. The lowest BCUT2D eigenvalue weighted by molar-refractivity contribution is 0.390. The van der Waals surface area contributed by atoms with Gasteiger partial charge in [0.2, 0.25) is 0 Å². The van der Waals surface area contributed by atoms with Gasteiger partial charge >= 0.3 is 0 Å². The zero-order valence-corrected chi connectivity index (χ0v) is 6.20. The van der Waals surface area contributed by atoms with E-state index < -0.39 is 0 Å². The van der Waals surface area contributed by atoms with E-state index in [1.54, 1.807) is 0 Å². The van der Waals surface area contributed by atoms with Gasteiger partial charge in [-0.05, 0) is 6.42 Å². The lowest BCUT2D eigenvalue weighted by Gasteiger charge is -2.07. The van der Waals surface area contributed by atoms with E-state index in [4.69, 9.17) is 5.84 Å². The predicted molar refractivity (Wildman–Crippen MR) is 39.9 cm³/mol. The zero-order chi connectivity index (χ0) is 7.66. The van der Waals surface area contributed by atoms with Crippen molar-refractivity contribution in [2.75, 3.05) is 13.2 Å². The molecule has 0 amide bonds. The summed E-state index contributed by atoms with van der Waals surface area (Å²) in [6, 6.07) is 0. The number of hydrogen-bond acceptors (Lipinski definition) is 6. The molecule has 6 heteroatoms. The first-order valence-corrected chi connectivity index (χ1v) is 3.31. The molecule has 0 unspecified atom stereocenters. The lowest BCUT2D eigenvalue weighted by Crippen LogP contribution is -2.51. The van der Waals surface area contributed by atoms with Crippen molar-refractivity contribution in [1.29, 1.82) is 0 Å². The van der Waals surface area contributed by atoms with Crippen molar-refractivity contribution in [3.05, 3.63) is 0 Å².